The monoisotopic (exact) mass is 225 g/mol. The molecular weight excluding hydrogens is 202 g/mol. The third kappa shape index (κ3) is 2.74. The zero-order valence-electron chi connectivity index (χ0n) is 10.0. The summed E-state index contributed by atoms with van der Waals surface area (Å²) in [5, 5.41) is 3.01. The second-order valence-corrected chi connectivity index (χ2v) is 5.14. The quantitative estimate of drug-likeness (QED) is 0.640. The number of rotatable bonds is 6. The van der Waals surface area contributed by atoms with E-state index in [1.54, 1.807) is 0 Å². The van der Waals surface area contributed by atoms with Crippen LogP contribution in [0.4, 0.5) is 0 Å². The summed E-state index contributed by atoms with van der Waals surface area (Å²) in [6.45, 7) is 4.90. The van der Waals surface area contributed by atoms with E-state index in [1.807, 2.05) is 0 Å². The minimum absolute atomic E-state index is 0.177. The van der Waals surface area contributed by atoms with Crippen LogP contribution >= 0.6 is 0 Å². The molecule has 2 fully saturated rings. The fourth-order valence-corrected chi connectivity index (χ4v) is 2.37. The van der Waals surface area contributed by atoms with Crippen molar-refractivity contribution >= 4 is 5.91 Å². The van der Waals surface area contributed by atoms with Crippen molar-refractivity contribution in [2.24, 2.45) is 11.1 Å². The Balaban J connectivity index is 1.55. The Morgan fingerprint density at radius 3 is 2.56 bits per heavy atom. The molecule has 0 spiro atoms. The van der Waals surface area contributed by atoms with E-state index in [9.17, 15) is 4.79 Å². The van der Waals surface area contributed by atoms with Gasteiger partial charge in [-0.05, 0) is 51.7 Å². The van der Waals surface area contributed by atoms with Gasteiger partial charge in [0.05, 0.1) is 5.41 Å². The van der Waals surface area contributed by atoms with Crippen molar-refractivity contribution in [2.45, 2.75) is 32.1 Å². The second kappa shape index (κ2) is 5.15. The summed E-state index contributed by atoms with van der Waals surface area (Å²) in [4.78, 5) is 14.2. The maximum Gasteiger partial charge on any atom is 0.227 e. The summed E-state index contributed by atoms with van der Waals surface area (Å²) >= 11 is 0. The summed E-state index contributed by atoms with van der Waals surface area (Å²) in [5.74, 6) is 0.177. The second-order valence-electron chi connectivity index (χ2n) is 5.14. The summed E-state index contributed by atoms with van der Waals surface area (Å²) in [5.41, 5.74) is 5.42. The Kier molecular flexibility index (Phi) is 3.82. The van der Waals surface area contributed by atoms with Gasteiger partial charge in [0.1, 0.15) is 0 Å². The van der Waals surface area contributed by atoms with E-state index in [2.05, 4.69) is 10.2 Å². The van der Waals surface area contributed by atoms with Crippen molar-refractivity contribution in [3.8, 4) is 0 Å². The lowest BCUT2D eigenvalue weighted by Gasteiger charge is -2.16. The van der Waals surface area contributed by atoms with Gasteiger partial charge in [-0.25, -0.2) is 0 Å². The Morgan fingerprint density at radius 1 is 1.31 bits per heavy atom. The molecule has 1 aliphatic carbocycles. The highest BCUT2D eigenvalue weighted by atomic mass is 16.2. The number of hydrogen-bond donors (Lipinski definition) is 2. The maximum absolute atomic E-state index is 11.7. The highest BCUT2D eigenvalue weighted by Gasteiger charge is 2.48. The minimum Gasteiger partial charge on any atom is -0.356 e. The van der Waals surface area contributed by atoms with Crippen LogP contribution in [0, 0.1) is 5.41 Å². The van der Waals surface area contributed by atoms with Crippen molar-refractivity contribution in [1.29, 1.82) is 0 Å². The van der Waals surface area contributed by atoms with E-state index in [0.29, 0.717) is 6.54 Å². The molecule has 1 aliphatic heterocycles. The molecule has 0 aromatic heterocycles. The molecular formula is C12H23N3O. The van der Waals surface area contributed by atoms with Crippen LogP contribution in [0.5, 0.6) is 0 Å². The molecule has 16 heavy (non-hydrogen) atoms. The first kappa shape index (κ1) is 11.9. The van der Waals surface area contributed by atoms with Crippen LogP contribution in [0.25, 0.3) is 0 Å². The molecule has 3 N–H and O–H groups in total. The van der Waals surface area contributed by atoms with Gasteiger partial charge in [-0.1, -0.05) is 0 Å². The molecule has 0 unspecified atom stereocenters. The molecule has 1 saturated carbocycles. The standard InChI is InChI=1S/C12H23N3O/c13-10-12(4-5-12)11(16)14-6-3-9-15-7-1-2-8-15/h1-10,13H2,(H,14,16). The molecule has 0 radical (unpaired) electrons. The van der Waals surface area contributed by atoms with E-state index in [-0.39, 0.29) is 11.3 Å². The zero-order valence-corrected chi connectivity index (χ0v) is 10.0. The van der Waals surface area contributed by atoms with Crippen LogP contribution in [-0.4, -0.2) is 43.5 Å². The average molecular weight is 225 g/mol. The van der Waals surface area contributed by atoms with E-state index < -0.39 is 0 Å². The van der Waals surface area contributed by atoms with Crippen molar-refractivity contribution in [3.05, 3.63) is 0 Å². The molecule has 4 nitrogen and oxygen atoms in total. The number of carbonyl (C=O) groups is 1. The van der Waals surface area contributed by atoms with E-state index in [0.717, 1.165) is 32.4 Å². The van der Waals surface area contributed by atoms with Gasteiger partial charge in [0, 0.05) is 13.1 Å². The van der Waals surface area contributed by atoms with Gasteiger partial charge in [-0.3, -0.25) is 4.79 Å². The molecule has 4 heteroatoms. The number of nitrogens with one attached hydrogen (secondary N) is 1. The lowest BCUT2D eigenvalue weighted by molar-refractivity contribution is -0.125. The van der Waals surface area contributed by atoms with Crippen LogP contribution in [0.3, 0.4) is 0 Å². The largest absolute Gasteiger partial charge is 0.356 e. The van der Waals surface area contributed by atoms with Crippen LogP contribution in [0.1, 0.15) is 32.1 Å². The third-order valence-corrected chi connectivity index (χ3v) is 3.86. The molecule has 2 aliphatic rings. The molecule has 1 amide bonds. The summed E-state index contributed by atoms with van der Waals surface area (Å²) in [7, 11) is 0. The van der Waals surface area contributed by atoms with Gasteiger partial charge < -0.3 is 16.0 Å². The highest BCUT2D eigenvalue weighted by molar-refractivity contribution is 5.85. The van der Waals surface area contributed by atoms with E-state index >= 15 is 0 Å². The lowest BCUT2D eigenvalue weighted by atomic mass is 10.1. The van der Waals surface area contributed by atoms with Crippen LogP contribution in [0.15, 0.2) is 0 Å². The predicted octanol–water partition coefficient (Wildman–Crippen LogP) is 0.327. The summed E-state index contributed by atoms with van der Waals surface area (Å²) in [6, 6.07) is 0. The van der Waals surface area contributed by atoms with Crippen molar-refractivity contribution < 1.29 is 4.79 Å². The third-order valence-electron chi connectivity index (χ3n) is 3.86. The van der Waals surface area contributed by atoms with Crippen molar-refractivity contribution in [3.63, 3.8) is 0 Å². The first-order valence-corrected chi connectivity index (χ1v) is 6.48. The topological polar surface area (TPSA) is 58.4 Å². The number of nitrogens with two attached hydrogens (primary N) is 1. The molecule has 1 saturated heterocycles. The first-order chi connectivity index (χ1) is 7.77. The smallest absolute Gasteiger partial charge is 0.227 e. The normalized spacial score (nSPS) is 23.3. The Bertz CT molecular complexity index is 245. The van der Waals surface area contributed by atoms with E-state index in [1.165, 1.54) is 25.9 Å². The lowest BCUT2D eigenvalue weighted by Crippen LogP contribution is -2.37. The fourth-order valence-electron chi connectivity index (χ4n) is 2.37. The van der Waals surface area contributed by atoms with Crippen molar-refractivity contribution in [2.75, 3.05) is 32.7 Å². The van der Waals surface area contributed by atoms with Crippen molar-refractivity contribution in [1.82, 2.24) is 10.2 Å². The summed E-state index contributed by atoms with van der Waals surface area (Å²) < 4.78 is 0. The molecule has 0 aromatic carbocycles. The predicted molar refractivity (Wildman–Crippen MR) is 64.0 cm³/mol. The van der Waals surface area contributed by atoms with Gasteiger partial charge in [0.25, 0.3) is 0 Å². The Labute approximate surface area is 97.6 Å². The molecule has 92 valence electrons. The minimum atomic E-state index is -0.187. The SMILES string of the molecule is NCC1(C(=O)NCCCN2CCCC2)CC1. The van der Waals surface area contributed by atoms with Gasteiger partial charge in [0.2, 0.25) is 5.91 Å². The zero-order chi connectivity index (χ0) is 11.4. The number of nitrogens with zero attached hydrogens (tertiary/aromatic N) is 1. The number of amides is 1. The molecule has 0 aromatic rings. The fraction of sp³-hybridized carbons (Fsp3) is 0.917. The van der Waals surface area contributed by atoms with Gasteiger partial charge in [-0.2, -0.15) is 0 Å². The first-order valence-electron chi connectivity index (χ1n) is 6.48. The van der Waals surface area contributed by atoms with Gasteiger partial charge in [-0.15, -0.1) is 0 Å². The summed E-state index contributed by atoms with van der Waals surface area (Å²) in [6.07, 6.45) is 5.68. The number of hydrogen-bond acceptors (Lipinski definition) is 3. The maximum atomic E-state index is 11.7. The van der Waals surface area contributed by atoms with Gasteiger partial charge >= 0.3 is 0 Å². The highest BCUT2D eigenvalue weighted by Crippen LogP contribution is 2.44. The average Bonchev–Trinajstić information content (AvgIpc) is 2.94. The Morgan fingerprint density at radius 2 is 2.00 bits per heavy atom. The van der Waals surface area contributed by atoms with Crippen LogP contribution in [0.2, 0.25) is 0 Å². The molecule has 1 heterocycles. The number of likely N-dealkylation sites (tertiary alicyclic amines) is 1. The number of carbonyl (C=O) groups excluding carboxylic acids is 1. The van der Waals surface area contributed by atoms with Crippen LogP contribution < -0.4 is 11.1 Å². The van der Waals surface area contributed by atoms with E-state index in [4.69, 9.17) is 5.73 Å². The molecule has 0 bridgehead atoms. The molecule has 0 atom stereocenters. The molecule has 2 rings (SSSR count). The van der Waals surface area contributed by atoms with Gasteiger partial charge in [0.15, 0.2) is 0 Å². The Hall–Kier alpha value is -0.610. The van der Waals surface area contributed by atoms with Crippen LogP contribution in [-0.2, 0) is 4.79 Å².